The van der Waals surface area contributed by atoms with Crippen LogP contribution in [0.5, 0.6) is 0 Å². The van der Waals surface area contributed by atoms with Crippen LogP contribution in [0, 0.1) is 0 Å². The molecule has 1 heterocycles. The first-order valence-corrected chi connectivity index (χ1v) is 4.48. The quantitative estimate of drug-likeness (QED) is 0.728. The molecule has 1 aromatic carbocycles. The van der Waals surface area contributed by atoms with Gasteiger partial charge in [-0.2, -0.15) is 0 Å². The van der Waals surface area contributed by atoms with E-state index < -0.39 is 0 Å². The first kappa shape index (κ1) is 8.97. The number of rotatable bonds is 1. The lowest BCUT2D eigenvalue weighted by molar-refractivity contribution is 1.19. The van der Waals surface area contributed by atoms with Crippen LogP contribution in [-0.2, 0) is 0 Å². The van der Waals surface area contributed by atoms with Crippen molar-refractivity contribution in [1.29, 1.82) is 0 Å². The number of nitrogens with two attached hydrogens (primary N) is 1. The van der Waals surface area contributed by atoms with E-state index >= 15 is 0 Å². The molecule has 4 heteroatoms. The van der Waals surface area contributed by atoms with E-state index in [1.54, 1.807) is 6.20 Å². The molecule has 0 fully saturated rings. The fourth-order valence-corrected chi connectivity index (χ4v) is 1.43. The van der Waals surface area contributed by atoms with Gasteiger partial charge in [0.05, 0.1) is 0 Å². The molecule has 0 spiro atoms. The Balaban J connectivity index is 2.53. The Bertz CT molecular complexity index is 442. The van der Waals surface area contributed by atoms with Gasteiger partial charge in [0.25, 0.3) is 0 Å². The molecule has 0 saturated heterocycles. The molecule has 0 unspecified atom stereocenters. The zero-order valence-electron chi connectivity index (χ0n) is 7.31. The number of hydrogen-bond acceptors (Lipinski definition) is 3. The van der Waals surface area contributed by atoms with Crippen LogP contribution in [0.4, 0.5) is 5.95 Å². The lowest BCUT2D eigenvalue weighted by Gasteiger charge is -2.02. The van der Waals surface area contributed by atoms with Gasteiger partial charge in [-0.1, -0.05) is 41.9 Å². The largest absolute Gasteiger partial charge is 0.368 e. The van der Waals surface area contributed by atoms with Crippen molar-refractivity contribution >= 4 is 17.5 Å². The van der Waals surface area contributed by atoms with Crippen LogP contribution in [0.1, 0.15) is 0 Å². The van der Waals surface area contributed by atoms with Crippen molar-refractivity contribution < 1.29 is 0 Å². The highest BCUT2D eigenvalue weighted by atomic mass is 35.5. The number of benzene rings is 1. The highest BCUT2D eigenvalue weighted by Crippen LogP contribution is 2.25. The molecule has 0 aliphatic heterocycles. The summed E-state index contributed by atoms with van der Waals surface area (Å²) in [6, 6.07) is 9.70. The van der Waals surface area contributed by atoms with E-state index in [0.29, 0.717) is 5.15 Å². The SMILES string of the molecule is Nc1ncc(-c2ccccc2)c(Cl)n1. The molecule has 70 valence electrons. The highest BCUT2D eigenvalue weighted by molar-refractivity contribution is 6.32. The molecule has 1 aromatic heterocycles. The maximum atomic E-state index is 5.93. The van der Waals surface area contributed by atoms with Gasteiger partial charge >= 0.3 is 0 Å². The molecule has 2 rings (SSSR count). The second kappa shape index (κ2) is 3.64. The van der Waals surface area contributed by atoms with Crippen LogP contribution in [-0.4, -0.2) is 9.97 Å². The first-order valence-electron chi connectivity index (χ1n) is 4.11. The Morgan fingerprint density at radius 3 is 2.50 bits per heavy atom. The average Bonchev–Trinajstić information content (AvgIpc) is 2.19. The summed E-state index contributed by atoms with van der Waals surface area (Å²) >= 11 is 5.93. The van der Waals surface area contributed by atoms with Gasteiger partial charge in [-0.05, 0) is 5.56 Å². The van der Waals surface area contributed by atoms with Gasteiger partial charge in [0, 0.05) is 11.8 Å². The summed E-state index contributed by atoms with van der Waals surface area (Å²) in [6.45, 7) is 0. The number of anilines is 1. The van der Waals surface area contributed by atoms with Gasteiger partial charge in [-0.3, -0.25) is 0 Å². The van der Waals surface area contributed by atoms with E-state index in [4.69, 9.17) is 17.3 Å². The van der Waals surface area contributed by atoms with E-state index in [2.05, 4.69) is 9.97 Å². The topological polar surface area (TPSA) is 51.8 Å². The molecular weight excluding hydrogens is 198 g/mol. The van der Waals surface area contributed by atoms with E-state index in [0.717, 1.165) is 11.1 Å². The fraction of sp³-hybridized carbons (Fsp3) is 0. The second-order valence-electron chi connectivity index (χ2n) is 2.80. The van der Waals surface area contributed by atoms with Gasteiger partial charge in [-0.15, -0.1) is 0 Å². The zero-order valence-corrected chi connectivity index (χ0v) is 8.07. The standard InChI is InChI=1S/C10H8ClN3/c11-9-8(6-13-10(12)14-9)7-4-2-1-3-5-7/h1-6H,(H2,12,13,14). The fourth-order valence-electron chi connectivity index (χ4n) is 1.18. The third-order valence-electron chi connectivity index (χ3n) is 1.85. The molecule has 14 heavy (non-hydrogen) atoms. The molecule has 2 aromatic rings. The monoisotopic (exact) mass is 205 g/mol. The van der Waals surface area contributed by atoms with Crippen LogP contribution in [0.15, 0.2) is 36.5 Å². The molecule has 0 amide bonds. The van der Waals surface area contributed by atoms with Gasteiger partial charge < -0.3 is 5.73 Å². The van der Waals surface area contributed by atoms with Gasteiger partial charge in [0.1, 0.15) is 5.15 Å². The number of halogens is 1. The van der Waals surface area contributed by atoms with Crippen molar-refractivity contribution in [3.63, 3.8) is 0 Å². The minimum absolute atomic E-state index is 0.190. The molecular formula is C10H8ClN3. The van der Waals surface area contributed by atoms with Gasteiger partial charge in [0.2, 0.25) is 5.95 Å². The first-order chi connectivity index (χ1) is 6.77. The van der Waals surface area contributed by atoms with Crippen molar-refractivity contribution in [3.05, 3.63) is 41.7 Å². The van der Waals surface area contributed by atoms with E-state index in [1.165, 1.54) is 0 Å². The van der Waals surface area contributed by atoms with Gasteiger partial charge in [-0.25, -0.2) is 9.97 Å². The van der Waals surface area contributed by atoms with Crippen LogP contribution >= 0.6 is 11.6 Å². The summed E-state index contributed by atoms with van der Waals surface area (Å²) in [7, 11) is 0. The Kier molecular flexibility index (Phi) is 2.33. The van der Waals surface area contributed by atoms with Crippen LogP contribution in [0.2, 0.25) is 5.15 Å². The van der Waals surface area contributed by atoms with Crippen molar-refractivity contribution in [2.24, 2.45) is 0 Å². The number of nitrogen functional groups attached to an aromatic ring is 1. The average molecular weight is 206 g/mol. The molecule has 0 aliphatic carbocycles. The molecule has 0 saturated carbocycles. The van der Waals surface area contributed by atoms with Crippen molar-refractivity contribution in [3.8, 4) is 11.1 Å². The van der Waals surface area contributed by atoms with Crippen LogP contribution in [0.25, 0.3) is 11.1 Å². The Hall–Kier alpha value is -1.61. The molecule has 2 N–H and O–H groups in total. The van der Waals surface area contributed by atoms with Crippen LogP contribution in [0.3, 0.4) is 0 Å². The summed E-state index contributed by atoms with van der Waals surface area (Å²) in [5.41, 5.74) is 7.18. The van der Waals surface area contributed by atoms with Crippen LogP contribution < -0.4 is 5.73 Å². The van der Waals surface area contributed by atoms with Gasteiger partial charge in [0.15, 0.2) is 0 Å². The third-order valence-corrected chi connectivity index (χ3v) is 2.13. The number of aromatic nitrogens is 2. The predicted molar refractivity (Wildman–Crippen MR) is 56.9 cm³/mol. The smallest absolute Gasteiger partial charge is 0.221 e. The lowest BCUT2D eigenvalue weighted by atomic mass is 10.1. The maximum Gasteiger partial charge on any atom is 0.221 e. The van der Waals surface area contributed by atoms with Crippen molar-refractivity contribution in [1.82, 2.24) is 9.97 Å². The second-order valence-corrected chi connectivity index (χ2v) is 3.16. The third kappa shape index (κ3) is 1.67. The maximum absolute atomic E-state index is 5.93. The molecule has 0 radical (unpaired) electrons. The van der Waals surface area contributed by atoms with E-state index in [1.807, 2.05) is 30.3 Å². The Labute approximate surface area is 86.6 Å². The summed E-state index contributed by atoms with van der Waals surface area (Å²) in [6.07, 6.45) is 1.62. The normalized spacial score (nSPS) is 10.1. The molecule has 0 atom stereocenters. The minimum Gasteiger partial charge on any atom is -0.368 e. The minimum atomic E-state index is 0.190. The summed E-state index contributed by atoms with van der Waals surface area (Å²) in [5, 5.41) is 0.378. The summed E-state index contributed by atoms with van der Waals surface area (Å²) < 4.78 is 0. The number of hydrogen-bond donors (Lipinski definition) is 1. The van der Waals surface area contributed by atoms with Crippen molar-refractivity contribution in [2.75, 3.05) is 5.73 Å². The molecule has 0 bridgehead atoms. The summed E-state index contributed by atoms with van der Waals surface area (Å²) in [5.74, 6) is 0.190. The highest BCUT2D eigenvalue weighted by Gasteiger charge is 2.04. The molecule has 3 nitrogen and oxygen atoms in total. The Morgan fingerprint density at radius 2 is 1.86 bits per heavy atom. The van der Waals surface area contributed by atoms with E-state index in [-0.39, 0.29) is 5.95 Å². The van der Waals surface area contributed by atoms with E-state index in [9.17, 15) is 0 Å². The summed E-state index contributed by atoms with van der Waals surface area (Å²) in [4.78, 5) is 7.78. The predicted octanol–water partition coefficient (Wildman–Crippen LogP) is 2.38. The lowest BCUT2D eigenvalue weighted by Crippen LogP contribution is -1.95. The number of nitrogens with zero attached hydrogens (tertiary/aromatic N) is 2. The Morgan fingerprint density at radius 1 is 1.14 bits per heavy atom. The zero-order chi connectivity index (χ0) is 9.97. The molecule has 0 aliphatic rings. The van der Waals surface area contributed by atoms with Crippen molar-refractivity contribution in [2.45, 2.75) is 0 Å².